The van der Waals surface area contributed by atoms with Crippen molar-refractivity contribution in [3.8, 4) is 11.1 Å². The molecule has 0 saturated carbocycles. The highest BCUT2D eigenvalue weighted by Gasteiger charge is 2.32. The summed E-state index contributed by atoms with van der Waals surface area (Å²) in [5, 5.41) is 11.0. The summed E-state index contributed by atoms with van der Waals surface area (Å²) in [5.74, 6) is -1.02. The second kappa shape index (κ2) is 6.97. The first-order valence-electron chi connectivity index (χ1n) is 9.43. The van der Waals surface area contributed by atoms with Gasteiger partial charge in [-0.1, -0.05) is 6.07 Å². The molecule has 0 fully saturated rings. The second-order valence-electron chi connectivity index (χ2n) is 8.18. The van der Waals surface area contributed by atoms with E-state index in [1.807, 2.05) is 65.0 Å². The summed E-state index contributed by atoms with van der Waals surface area (Å²) in [6.07, 6.45) is 0.533. The molecule has 0 saturated heterocycles. The van der Waals surface area contributed by atoms with Crippen LogP contribution >= 0.6 is 11.3 Å². The second-order valence-corrected chi connectivity index (χ2v) is 9.44. The van der Waals surface area contributed by atoms with Crippen LogP contribution in [0.15, 0.2) is 41.0 Å². The highest BCUT2D eigenvalue weighted by molar-refractivity contribution is 7.19. The smallest absolute Gasteiger partial charge is 0.337 e. The summed E-state index contributed by atoms with van der Waals surface area (Å²) in [5.41, 5.74) is 4.09. The van der Waals surface area contributed by atoms with Crippen LogP contribution in [0.1, 0.15) is 43.0 Å². The van der Waals surface area contributed by atoms with Crippen LogP contribution in [0.5, 0.6) is 0 Å². The van der Waals surface area contributed by atoms with Gasteiger partial charge in [0, 0.05) is 27.1 Å². The van der Waals surface area contributed by atoms with E-state index in [-0.39, 0.29) is 0 Å². The largest absolute Gasteiger partial charge is 0.479 e. The topological polar surface area (TPSA) is 72.6 Å². The number of carboxylic acid groups (broad SMARTS) is 1. The summed E-state index contributed by atoms with van der Waals surface area (Å²) in [6, 6.07) is 9.86. The number of hydrogen-bond acceptors (Lipinski definition) is 5. The molecular weight excluding hydrogens is 386 g/mol. The molecule has 3 aromatic heterocycles. The lowest BCUT2D eigenvalue weighted by molar-refractivity contribution is -0.160. The van der Waals surface area contributed by atoms with Gasteiger partial charge < -0.3 is 14.3 Å². The van der Waals surface area contributed by atoms with Crippen molar-refractivity contribution >= 4 is 38.5 Å². The van der Waals surface area contributed by atoms with Crippen molar-refractivity contribution in [3.63, 3.8) is 0 Å². The third-order valence-electron chi connectivity index (χ3n) is 4.71. The molecule has 1 aromatic carbocycles. The van der Waals surface area contributed by atoms with Crippen molar-refractivity contribution in [1.29, 1.82) is 0 Å². The van der Waals surface area contributed by atoms with Crippen molar-refractivity contribution in [1.82, 2.24) is 4.98 Å². The van der Waals surface area contributed by atoms with Crippen LogP contribution in [0.25, 0.3) is 32.3 Å². The van der Waals surface area contributed by atoms with Gasteiger partial charge >= 0.3 is 5.97 Å². The summed E-state index contributed by atoms with van der Waals surface area (Å²) in [4.78, 5) is 18.1. The minimum atomic E-state index is -1.12. The Kier molecular flexibility index (Phi) is 4.71. The predicted octanol–water partition coefficient (Wildman–Crippen LogP) is 6.27. The molecule has 29 heavy (non-hydrogen) atoms. The zero-order chi connectivity index (χ0) is 20.9. The lowest BCUT2D eigenvalue weighted by Gasteiger charge is -2.27. The van der Waals surface area contributed by atoms with Gasteiger partial charge in [0.25, 0.3) is 0 Å². The van der Waals surface area contributed by atoms with Crippen LogP contribution in [0.4, 0.5) is 0 Å². The third-order valence-corrected chi connectivity index (χ3v) is 5.77. The Hall–Kier alpha value is -2.70. The van der Waals surface area contributed by atoms with Crippen LogP contribution in [0, 0.1) is 13.8 Å². The maximum atomic E-state index is 12.3. The number of aromatic nitrogens is 1. The van der Waals surface area contributed by atoms with Crippen LogP contribution in [-0.2, 0) is 9.53 Å². The van der Waals surface area contributed by atoms with E-state index in [0.717, 1.165) is 37.2 Å². The molecule has 0 aliphatic heterocycles. The van der Waals surface area contributed by atoms with E-state index in [1.54, 1.807) is 17.6 Å². The fraction of sp³-hybridized carbons (Fsp3) is 0.304. The predicted molar refractivity (Wildman–Crippen MR) is 116 cm³/mol. The maximum absolute atomic E-state index is 12.3. The Balaban J connectivity index is 2.06. The van der Waals surface area contributed by atoms with Gasteiger partial charge in [-0.25, -0.2) is 4.79 Å². The molecule has 4 aromatic rings. The third kappa shape index (κ3) is 3.66. The summed E-state index contributed by atoms with van der Waals surface area (Å²) < 4.78 is 12.4. The summed E-state index contributed by atoms with van der Waals surface area (Å²) >= 11 is 1.62. The molecule has 4 rings (SSSR count). The Morgan fingerprint density at radius 3 is 2.66 bits per heavy atom. The molecule has 0 radical (unpaired) electrons. The molecule has 5 nitrogen and oxygen atoms in total. The average Bonchev–Trinajstić information content (AvgIpc) is 3.22. The first-order valence-corrected chi connectivity index (χ1v) is 10.2. The monoisotopic (exact) mass is 409 g/mol. The summed E-state index contributed by atoms with van der Waals surface area (Å²) in [7, 11) is 0. The number of rotatable bonds is 4. The van der Waals surface area contributed by atoms with E-state index in [9.17, 15) is 9.90 Å². The average molecular weight is 410 g/mol. The number of thiophene rings is 1. The number of fused-ring (bicyclic) bond motifs is 2. The SMILES string of the molecule is Cc1cc2nc(C)c([C@H](OC(C)(C)C)C(=O)O)c(-c3ccc4occc4c3)c2s1. The number of aliphatic carboxylic acids is 1. The zero-order valence-corrected chi connectivity index (χ0v) is 17.9. The van der Waals surface area contributed by atoms with E-state index in [4.69, 9.17) is 14.1 Å². The minimum absolute atomic E-state index is 0.601. The van der Waals surface area contributed by atoms with Gasteiger partial charge in [-0.2, -0.15) is 0 Å². The number of aryl methyl sites for hydroxylation is 2. The zero-order valence-electron chi connectivity index (χ0n) is 17.1. The molecule has 0 aliphatic carbocycles. The number of nitrogens with zero attached hydrogens (tertiary/aromatic N) is 1. The highest BCUT2D eigenvalue weighted by Crippen LogP contribution is 2.42. The molecule has 6 heteroatoms. The quantitative estimate of drug-likeness (QED) is 0.430. The normalized spacial score (nSPS) is 13.3. The van der Waals surface area contributed by atoms with Gasteiger partial charge in [0.05, 0.1) is 22.1 Å². The van der Waals surface area contributed by atoms with Gasteiger partial charge in [-0.15, -0.1) is 11.3 Å². The molecule has 1 atom stereocenters. The molecule has 1 N–H and O–H groups in total. The van der Waals surface area contributed by atoms with Crippen molar-refractivity contribution in [2.75, 3.05) is 0 Å². The van der Waals surface area contributed by atoms with E-state index in [2.05, 4.69) is 0 Å². The van der Waals surface area contributed by atoms with Crippen LogP contribution in [0.3, 0.4) is 0 Å². The first kappa shape index (κ1) is 19.6. The van der Waals surface area contributed by atoms with Gasteiger partial charge in [0.2, 0.25) is 0 Å². The molecule has 0 aliphatic rings. The van der Waals surface area contributed by atoms with Gasteiger partial charge in [-0.3, -0.25) is 4.98 Å². The number of ether oxygens (including phenoxy) is 1. The lowest BCUT2D eigenvalue weighted by Crippen LogP contribution is -2.28. The molecule has 0 amide bonds. The fourth-order valence-corrected chi connectivity index (χ4v) is 4.65. The Labute approximate surface area is 172 Å². The minimum Gasteiger partial charge on any atom is -0.479 e. The van der Waals surface area contributed by atoms with Crippen molar-refractivity contribution in [2.45, 2.75) is 46.3 Å². The number of hydrogen-bond donors (Lipinski definition) is 1. The molecule has 3 heterocycles. The number of carbonyl (C=O) groups is 1. The van der Waals surface area contributed by atoms with E-state index in [0.29, 0.717) is 11.3 Å². The van der Waals surface area contributed by atoms with Crippen molar-refractivity contribution < 1.29 is 19.1 Å². The Bertz CT molecular complexity index is 1230. The number of furan rings is 1. The lowest BCUT2D eigenvalue weighted by atomic mass is 9.93. The van der Waals surface area contributed by atoms with Crippen molar-refractivity contribution in [3.05, 3.63) is 52.7 Å². The van der Waals surface area contributed by atoms with E-state index < -0.39 is 17.7 Å². The molecule has 0 spiro atoms. The standard InChI is InChI=1S/C23H23NO4S/c1-12-10-16-21(29-12)19(15-6-7-17-14(11-15)8-9-27-17)18(13(2)24-16)20(22(25)26)28-23(3,4)5/h6-11,20H,1-5H3,(H,25,26)/t20-/m0/s1. The number of carboxylic acids is 1. The molecule has 0 unspecified atom stereocenters. The summed E-state index contributed by atoms with van der Waals surface area (Å²) in [6.45, 7) is 9.46. The molecule has 150 valence electrons. The number of benzene rings is 1. The molecular formula is C23H23NO4S. The Morgan fingerprint density at radius 1 is 1.21 bits per heavy atom. The number of pyridine rings is 1. The van der Waals surface area contributed by atoms with Crippen LogP contribution in [-0.4, -0.2) is 21.7 Å². The first-order chi connectivity index (χ1) is 13.6. The highest BCUT2D eigenvalue weighted by atomic mass is 32.1. The van der Waals surface area contributed by atoms with E-state index >= 15 is 0 Å². The van der Waals surface area contributed by atoms with Crippen LogP contribution in [0.2, 0.25) is 0 Å². The van der Waals surface area contributed by atoms with Gasteiger partial charge in [0.1, 0.15) is 5.58 Å². The maximum Gasteiger partial charge on any atom is 0.337 e. The van der Waals surface area contributed by atoms with Gasteiger partial charge in [-0.05, 0) is 64.4 Å². The fourth-order valence-electron chi connectivity index (χ4n) is 3.62. The molecule has 0 bridgehead atoms. The van der Waals surface area contributed by atoms with E-state index in [1.165, 1.54) is 0 Å². The van der Waals surface area contributed by atoms with Crippen LogP contribution < -0.4 is 0 Å². The Morgan fingerprint density at radius 2 is 1.97 bits per heavy atom. The van der Waals surface area contributed by atoms with Gasteiger partial charge in [0.15, 0.2) is 6.10 Å². The van der Waals surface area contributed by atoms with Crippen molar-refractivity contribution in [2.24, 2.45) is 0 Å².